The lowest BCUT2D eigenvalue weighted by molar-refractivity contribution is -0.138. The van der Waals surface area contributed by atoms with E-state index >= 15 is 0 Å². The highest BCUT2D eigenvalue weighted by Gasteiger charge is 2.41. The van der Waals surface area contributed by atoms with Crippen molar-refractivity contribution in [3.8, 4) is 0 Å². The maximum atomic E-state index is 13.2. The molecule has 3 atom stereocenters. The van der Waals surface area contributed by atoms with Crippen LogP contribution in [0.5, 0.6) is 0 Å². The number of rotatable bonds is 3. The Morgan fingerprint density at radius 3 is 2.59 bits per heavy atom. The van der Waals surface area contributed by atoms with Gasteiger partial charge in [0.1, 0.15) is 0 Å². The van der Waals surface area contributed by atoms with Gasteiger partial charge in [-0.05, 0) is 24.0 Å². The van der Waals surface area contributed by atoms with Crippen LogP contribution in [0.25, 0.3) is 0 Å². The monoisotopic (exact) mass is 391 g/mol. The van der Waals surface area contributed by atoms with Crippen LogP contribution in [0.15, 0.2) is 53.3 Å². The third-order valence-electron chi connectivity index (χ3n) is 6.57. The molecule has 2 aromatic rings. The van der Waals surface area contributed by atoms with E-state index in [0.29, 0.717) is 45.1 Å². The summed E-state index contributed by atoms with van der Waals surface area (Å²) in [5.74, 6) is 0.403. The summed E-state index contributed by atoms with van der Waals surface area (Å²) in [6, 6.07) is 15.3. The normalized spacial score (nSPS) is 25.8. The Bertz CT molecular complexity index is 1000. The van der Waals surface area contributed by atoms with Crippen molar-refractivity contribution in [1.29, 1.82) is 0 Å². The molecule has 2 fully saturated rings. The molecule has 0 N–H and O–H groups in total. The molecule has 1 aromatic heterocycles. The second-order valence-corrected chi connectivity index (χ2v) is 8.60. The van der Waals surface area contributed by atoms with Crippen LogP contribution < -0.4 is 5.56 Å². The number of pyridine rings is 1. The van der Waals surface area contributed by atoms with E-state index in [4.69, 9.17) is 0 Å². The largest absolute Gasteiger partial charge is 0.341 e. The summed E-state index contributed by atoms with van der Waals surface area (Å²) < 4.78 is 1.88. The highest BCUT2D eigenvalue weighted by molar-refractivity contribution is 5.89. The number of hydrogen-bond donors (Lipinski definition) is 0. The van der Waals surface area contributed by atoms with Gasteiger partial charge in [0, 0.05) is 56.8 Å². The first-order valence-corrected chi connectivity index (χ1v) is 10.4. The van der Waals surface area contributed by atoms with Gasteiger partial charge in [-0.3, -0.25) is 14.4 Å². The van der Waals surface area contributed by atoms with Gasteiger partial charge in [0.2, 0.25) is 11.8 Å². The fraction of sp³-hybridized carbons (Fsp3) is 0.435. The van der Waals surface area contributed by atoms with Crippen LogP contribution in [0.3, 0.4) is 0 Å². The standard InChI is InChI=1S/C23H25N3O3/c27-21-8-4-7-20-18-9-17(13-26(20)21)12-25(14-18)23(29)19-10-22(28)24(15-19)11-16-5-2-1-3-6-16/h1-8,17-19H,9-15H2. The zero-order valence-electron chi connectivity index (χ0n) is 16.4. The number of nitrogens with zero attached hydrogens (tertiary/aromatic N) is 3. The third-order valence-corrected chi connectivity index (χ3v) is 6.57. The van der Waals surface area contributed by atoms with Crippen LogP contribution in [-0.4, -0.2) is 45.8 Å². The van der Waals surface area contributed by atoms with Crippen molar-refractivity contribution < 1.29 is 9.59 Å². The predicted octanol–water partition coefficient (Wildman–Crippen LogP) is 1.84. The smallest absolute Gasteiger partial charge is 0.250 e. The van der Waals surface area contributed by atoms with Crippen LogP contribution in [0.1, 0.15) is 30.0 Å². The number of benzene rings is 1. The van der Waals surface area contributed by atoms with E-state index in [1.54, 1.807) is 11.0 Å². The average molecular weight is 391 g/mol. The predicted molar refractivity (Wildman–Crippen MR) is 108 cm³/mol. The second-order valence-electron chi connectivity index (χ2n) is 8.60. The molecule has 3 unspecified atom stereocenters. The van der Waals surface area contributed by atoms with Gasteiger partial charge in [-0.2, -0.15) is 0 Å². The van der Waals surface area contributed by atoms with Crippen molar-refractivity contribution in [3.63, 3.8) is 0 Å². The summed E-state index contributed by atoms with van der Waals surface area (Å²) in [5.41, 5.74) is 2.18. The summed E-state index contributed by atoms with van der Waals surface area (Å²) >= 11 is 0. The highest BCUT2D eigenvalue weighted by Crippen LogP contribution is 2.36. The van der Waals surface area contributed by atoms with Crippen molar-refractivity contribution in [2.45, 2.75) is 31.8 Å². The molecule has 0 saturated carbocycles. The Kier molecular flexibility index (Phi) is 4.49. The van der Waals surface area contributed by atoms with Gasteiger partial charge in [0.05, 0.1) is 5.92 Å². The van der Waals surface area contributed by atoms with Gasteiger partial charge in [-0.25, -0.2) is 0 Å². The van der Waals surface area contributed by atoms with Crippen molar-refractivity contribution in [3.05, 3.63) is 70.1 Å². The number of amides is 2. The second kappa shape index (κ2) is 7.17. The van der Waals surface area contributed by atoms with E-state index in [-0.39, 0.29) is 29.2 Å². The van der Waals surface area contributed by atoms with Crippen LogP contribution in [-0.2, 0) is 22.7 Å². The van der Waals surface area contributed by atoms with E-state index in [1.807, 2.05) is 51.9 Å². The van der Waals surface area contributed by atoms with Gasteiger partial charge < -0.3 is 14.4 Å². The third kappa shape index (κ3) is 3.37. The van der Waals surface area contributed by atoms with Gasteiger partial charge in [-0.1, -0.05) is 36.4 Å². The molecule has 3 aliphatic heterocycles. The topological polar surface area (TPSA) is 62.6 Å². The zero-order valence-corrected chi connectivity index (χ0v) is 16.4. The van der Waals surface area contributed by atoms with Gasteiger partial charge >= 0.3 is 0 Å². The highest BCUT2D eigenvalue weighted by atomic mass is 16.2. The van der Waals surface area contributed by atoms with Crippen molar-refractivity contribution >= 4 is 11.8 Å². The molecule has 4 heterocycles. The summed E-state index contributed by atoms with van der Waals surface area (Å²) in [5, 5.41) is 0. The van der Waals surface area contributed by atoms with E-state index in [1.165, 1.54) is 0 Å². The first-order valence-electron chi connectivity index (χ1n) is 10.4. The number of carbonyl (C=O) groups is 2. The quantitative estimate of drug-likeness (QED) is 0.802. The summed E-state index contributed by atoms with van der Waals surface area (Å²) in [7, 11) is 0. The fourth-order valence-electron chi connectivity index (χ4n) is 5.23. The summed E-state index contributed by atoms with van der Waals surface area (Å²) in [6.07, 6.45) is 1.32. The van der Waals surface area contributed by atoms with Crippen LogP contribution in [0, 0.1) is 11.8 Å². The molecule has 2 amide bonds. The maximum absolute atomic E-state index is 13.2. The number of hydrogen-bond acceptors (Lipinski definition) is 3. The van der Waals surface area contributed by atoms with Crippen molar-refractivity contribution in [1.82, 2.24) is 14.4 Å². The molecule has 3 aliphatic rings. The van der Waals surface area contributed by atoms with Crippen LogP contribution in [0.4, 0.5) is 0 Å². The molecule has 5 rings (SSSR count). The van der Waals surface area contributed by atoms with E-state index in [2.05, 4.69) is 0 Å². The van der Waals surface area contributed by atoms with Crippen molar-refractivity contribution in [2.24, 2.45) is 11.8 Å². The first-order chi connectivity index (χ1) is 14.1. The van der Waals surface area contributed by atoms with Crippen LogP contribution >= 0.6 is 0 Å². The molecule has 2 bridgehead atoms. The number of aromatic nitrogens is 1. The molecule has 2 saturated heterocycles. The molecular weight excluding hydrogens is 366 g/mol. The lowest BCUT2D eigenvalue weighted by Gasteiger charge is -2.43. The van der Waals surface area contributed by atoms with E-state index in [9.17, 15) is 14.4 Å². The Hall–Kier alpha value is -2.89. The minimum atomic E-state index is -0.261. The molecule has 29 heavy (non-hydrogen) atoms. The average Bonchev–Trinajstić information content (AvgIpc) is 3.09. The number of piperidine rings is 1. The minimum absolute atomic E-state index is 0.0509. The molecular formula is C23H25N3O3. The Balaban J connectivity index is 1.28. The minimum Gasteiger partial charge on any atom is -0.341 e. The lowest BCUT2D eigenvalue weighted by atomic mass is 9.82. The Labute approximate surface area is 169 Å². The molecule has 150 valence electrons. The molecule has 6 heteroatoms. The van der Waals surface area contributed by atoms with Gasteiger partial charge in [0.25, 0.3) is 5.56 Å². The molecule has 0 spiro atoms. The van der Waals surface area contributed by atoms with Crippen molar-refractivity contribution in [2.75, 3.05) is 19.6 Å². The Morgan fingerprint density at radius 2 is 1.76 bits per heavy atom. The Morgan fingerprint density at radius 1 is 0.931 bits per heavy atom. The maximum Gasteiger partial charge on any atom is 0.250 e. The molecule has 0 aliphatic carbocycles. The fourth-order valence-corrected chi connectivity index (χ4v) is 5.23. The lowest BCUT2D eigenvalue weighted by Crippen LogP contribution is -2.50. The molecule has 0 radical (unpaired) electrons. The number of carbonyl (C=O) groups excluding carboxylic acids is 2. The number of likely N-dealkylation sites (tertiary alicyclic amines) is 2. The van der Waals surface area contributed by atoms with Gasteiger partial charge in [0.15, 0.2) is 0 Å². The SMILES string of the molecule is O=C1CC(C(=O)N2CC3CC(C2)c2cccc(=O)n2C3)CN1Cc1ccccc1. The molecule has 1 aromatic carbocycles. The summed E-state index contributed by atoms with van der Waals surface area (Å²) in [4.78, 5) is 41.7. The first kappa shape index (κ1) is 18.2. The van der Waals surface area contributed by atoms with E-state index in [0.717, 1.165) is 17.7 Å². The van der Waals surface area contributed by atoms with Crippen LogP contribution in [0.2, 0.25) is 0 Å². The molecule has 6 nitrogen and oxygen atoms in total. The zero-order chi connectivity index (χ0) is 20.0. The number of fused-ring (bicyclic) bond motifs is 4. The van der Waals surface area contributed by atoms with E-state index < -0.39 is 0 Å². The summed E-state index contributed by atoms with van der Waals surface area (Å²) in [6.45, 7) is 3.06. The van der Waals surface area contributed by atoms with Gasteiger partial charge in [-0.15, -0.1) is 0 Å².